The van der Waals surface area contributed by atoms with Crippen LogP contribution in [0.5, 0.6) is 0 Å². The molecule has 4 nitrogen and oxygen atoms in total. The van der Waals surface area contributed by atoms with Gasteiger partial charge in [-0.2, -0.15) is 0 Å². The molecule has 1 aromatic rings. The molecule has 1 aliphatic rings. The van der Waals surface area contributed by atoms with Crippen molar-refractivity contribution in [3.8, 4) is 0 Å². The van der Waals surface area contributed by atoms with Gasteiger partial charge >= 0.3 is 5.97 Å². The van der Waals surface area contributed by atoms with Gasteiger partial charge in [-0.3, -0.25) is 14.7 Å². The first kappa shape index (κ1) is 13.0. The quantitative estimate of drug-likeness (QED) is 0.866. The Labute approximate surface area is 108 Å². The van der Waals surface area contributed by atoms with Crippen molar-refractivity contribution in [2.45, 2.75) is 32.7 Å². The number of aryl methyl sites for hydroxylation is 1. The lowest BCUT2D eigenvalue weighted by atomic mass is 10.0. The molecule has 1 aliphatic heterocycles. The fraction of sp³-hybridized carbons (Fsp3) is 0.571. The normalized spacial score (nSPS) is 20.2. The number of rotatable bonds is 5. The van der Waals surface area contributed by atoms with Gasteiger partial charge in [-0.05, 0) is 43.9 Å². The van der Waals surface area contributed by atoms with E-state index in [0.29, 0.717) is 12.3 Å². The Hall–Kier alpha value is -1.42. The average molecular weight is 248 g/mol. The van der Waals surface area contributed by atoms with Crippen LogP contribution in [-0.2, 0) is 11.3 Å². The molecule has 0 radical (unpaired) electrons. The average Bonchev–Trinajstić information content (AvgIpc) is 2.77. The van der Waals surface area contributed by atoms with Crippen LogP contribution in [0.1, 0.15) is 30.5 Å². The van der Waals surface area contributed by atoms with Crippen LogP contribution in [0.4, 0.5) is 0 Å². The van der Waals surface area contributed by atoms with Crippen molar-refractivity contribution in [3.63, 3.8) is 0 Å². The summed E-state index contributed by atoms with van der Waals surface area (Å²) in [5.74, 6) is -0.153. The first-order valence-electron chi connectivity index (χ1n) is 6.49. The fourth-order valence-electron chi connectivity index (χ4n) is 2.44. The topological polar surface area (TPSA) is 53.4 Å². The smallest absolute Gasteiger partial charge is 0.303 e. The highest BCUT2D eigenvalue weighted by molar-refractivity contribution is 5.66. The van der Waals surface area contributed by atoms with E-state index in [1.165, 1.54) is 5.56 Å². The molecule has 0 amide bonds. The number of aromatic nitrogens is 1. The van der Waals surface area contributed by atoms with Crippen LogP contribution in [0.15, 0.2) is 18.3 Å². The lowest BCUT2D eigenvalue weighted by molar-refractivity contribution is -0.137. The van der Waals surface area contributed by atoms with E-state index in [9.17, 15) is 4.79 Å². The van der Waals surface area contributed by atoms with Gasteiger partial charge in [0.15, 0.2) is 0 Å². The first-order chi connectivity index (χ1) is 8.63. The van der Waals surface area contributed by atoms with E-state index in [-0.39, 0.29) is 0 Å². The molecular formula is C14H20N2O2. The largest absolute Gasteiger partial charge is 0.481 e. The molecule has 98 valence electrons. The standard InChI is InChI=1S/C14H20N2O2/c1-11-2-4-13(15-8-11)10-16-7-6-12(9-16)3-5-14(17)18/h2,4,8,12H,3,5-7,9-10H2,1H3,(H,17,18). The Kier molecular flexibility index (Phi) is 4.31. The molecule has 0 spiro atoms. The third-order valence-electron chi connectivity index (χ3n) is 3.49. The zero-order chi connectivity index (χ0) is 13.0. The predicted octanol–water partition coefficient (Wildman–Crippen LogP) is 2.08. The van der Waals surface area contributed by atoms with Crippen LogP contribution in [0, 0.1) is 12.8 Å². The summed E-state index contributed by atoms with van der Waals surface area (Å²) in [7, 11) is 0. The minimum absolute atomic E-state index is 0.293. The predicted molar refractivity (Wildman–Crippen MR) is 69.2 cm³/mol. The molecule has 1 fully saturated rings. The van der Waals surface area contributed by atoms with Crippen LogP contribution < -0.4 is 0 Å². The van der Waals surface area contributed by atoms with E-state index in [2.05, 4.69) is 22.0 Å². The van der Waals surface area contributed by atoms with E-state index in [1.54, 1.807) is 0 Å². The molecule has 18 heavy (non-hydrogen) atoms. The Morgan fingerprint density at radius 1 is 1.56 bits per heavy atom. The van der Waals surface area contributed by atoms with Crippen molar-refractivity contribution in [1.29, 1.82) is 0 Å². The number of pyridine rings is 1. The van der Waals surface area contributed by atoms with Crippen molar-refractivity contribution in [2.24, 2.45) is 5.92 Å². The van der Waals surface area contributed by atoms with Crippen LogP contribution in [0.2, 0.25) is 0 Å². The molecule has 1 saturated heterocycles. The Balaban J connectivity index is 1.78. The molecule has 2 heterocycles. The lowest BCUT2D eigenvalue weighted by Gasteiger charge is -2.15. The molecule has 0 aliphatic carbocycles. The summed E-state index contributed by atoms with van der Waals surface area (Å²) >= 11 is 0. The van der Waals surface area contributed by atoms with Gasteiger partial charge in [-0.25, -0.2) is 0 Å². The van der Waals surface area contributed by atoms with E-state index < -0.39 is 5.97 Å². The number of likely N-dealkylation sites (tertiary alicyclic amines) is 1. The third kappa shape index (κ3) is 3.81. The van der Waals surface area contributed by atoms with Gasteiger partial charge in [-0.15, -0.1) is 0 Å². The number of nitrogens with zero attached hydrogens (tertiary/aromatic N) is 2. The van der Waals surface area contributed by atoms with Crippen LogP contribution in [0.3, 0.4) is 0 Å². The summed E-state index contributed by atoms with van der Waals surface area (Å²) in [6, 6.07) is 4.15. The highest BCUT2D eigenvalue weighted by Crippen LogP contribution is 2.22. The maximum Gasteiger partial charge on any atom is 0.303 e. The van der Waals surface area contributed by atoms with Gasteiger partial charge in [0.1, 0.15) is 0 Å². The van der Waals surface area contributed by atoms with Gasteiger partial charge in [0.25, 0.3) is 0 Å². The van der Waals surface area contributed by atoms with Gasteiger partial charge in [-0.1, -0.05) is 6.07 Å². The summed E-state index contributed by atoms with van der Waals surface area (Å²) in [5.41, 5.74) is 2.28. The molecule has 0 bridgehead atoms. The lowest BCUT2D eigenvalue weighted by Crippen LogP contribution is -2.21. The summed E-state index contributed by atoms with van der Waals surface area (Å²) < 4.78 is 0. The second-order valence-corrected chi connectivity index (χ2v) is 5.15. The Morgan fingerprint density at radius 2 is 2.39 bits per heavy atom. The Morgan fingerprint density at radius 3 is 3.06 bits per heavy atom. The van der Waals surface area contributed by atoms with E-state index in [4.69, 9.17) is 5.11 Å². The van der Waals surface area contributed by atoms with Crippen LogP contribution in [-0.4, -0.2) is 34.0 Å². The highest BCUT2D eigenvalue weighted by atomic mass is 16.4. The van der Waals surface area contributed by atoms with Gasteiger partial charge < -0.3 is 5.11 Å². The maximum atomic E-state index is 10.5. The van der Waals surface area contributed by atoms with Gasteiger partial charge in [0.2, 0.25) is 0 Å². The molecule has 1 N–H and O–H groups in total. The molecule has 0 aromatic carbocycles. The van der Waals surface area contributed by atoms with Crippen molar-refractivity contribution < 1.29 is 9.90 Å². The van der Waals surface area contributed by atoms with Gasteiger partial charge in [0.05, 0.1) is 5.69 Å². The minimum atomic E-state index is -0.686. The van der Waals surface area contributed by atoms with Crippen molar-refractivity contribution in [2.75, 3.05) is 13.1 Å². The third-order valence-corrected chi connectivity index (χ3v) is 3.49. The molecular weight excluding hydrogens is 228 g/mol. The van der Waals surface area contributed by atoms with Crippen LogP contribution >= 0.6 is 0 Å². The number of hydrogen-bond acceptors (Lipinski definition) is 3. The Bertz CT molecular complexity index is 403. The van der Waals surface area contributed by atoms with Gasteiger partial charge in [0, 0.05) is 25.7 Å². The van der Waals surface area contributed by atoms with Crippen molar-refractivity contribution in [1.82, 2.24) is 9.88 Å². The van der Waals surface area contributed by atoms with Crippen molar-refractivity contribution in [3.05, 3.63) is 29.6 Å². The number of carboxylic acids is 1. The maximum absolute atomic E-state index is 10.5. The summed E-state index contributed by atoms with van der Waals surface area (Å²) in [5, 5.41) is 8.68. The van der Waals surface area contributed by atoms with E-state index in [1.807, 2.05) is 13.1 Å². The minimum Gasteiger partial charge on any atom is -0.481 e. The molecule has 1 aromatic heterocycles. The second kappa shape index (κ2) is 5.96. The monoisotopic (exact) mass is 248 g/mol. The van der Waals surface area contributed by atoms with E-state index >= 15 is 0 Å². The fourth-order valence-corrected chi connectivity index (χ4v) is 2.44. The number of hydrogen-bond donors (Lipinski definition) is 1. The molecule has 2 rings (SSSR count). The number of carboxylic acid groups (broad SMARTS) is 1. The molecule has 0 saturated carbocycles. The SMILES string of the molecule is Cc1ccc(CN2CCC(CCC(=O)O)C2)nc1. The number of aliphatic carboxylic acids is 1. The molecule has 1 unspecified atom stereocenters. The summed E-state index contributed by atoms with van der Waals surface area (Å²) in [6.07, 6.45) is 4.10. The van der Waals surface area contributed by atoms with Crippen molar-refractivity contribution >= 4 is 5.97 Å². The van der Waals surface area contributed by atoms with E-state index in [0.717, 1.165) is 38.2 Å². The summed E-state index contributed by atoms with van der Waals surface area (Å²) in [6.45, 7) is 4.97. The summed E-state index contributed by atoms with van der Waals surface area (Å²) in [4.78, 5) is 17.3. The molecule has 4 heteroatoms. The van der Waals surface area contributed by atoms with Crippen LogP contribution in [0.25, 0.3) is 0 Å². The first-order valence-corrected chi connectivity index (χ1v) is 6.49. The number of carbonyl (C=O) groups is 1. The zero-order valence-corrected chi connectivity index (χ0v) is 10.8. The highest BCUT2D eigenvalue weighted by Gasteiger charge is 2.22. The zero-order valence-electron chi connectivity index (χ0n) is 10.8. The second-order valence-electron chi connectivity index (χ2n) is 5.15. The molecule has 1 atom stereocenters.